The summed E-state index contributed by atoms with van der Waals surface area (Å²) in [5.41, 5.74) is 2.08. The average Bonchev–Trinajstić information content (AvgIpc) is 2.70. The lowest BCUT2D eigenvalue weighted by molar-refractivity contribution is -0.136. The first kappa shape index (κ1) is 22.4. The van der Waals surface area contributed by atoms with E-state index in [4.69, 9.17) is 25.8 Å². The van der Waals surface area contributed by atoms with Crippen molar-refractivity contribution in [1.82, 2.24) is 5.32 Å². The number of hydrogen-bond acceptors (Lipinski definition) is 5. The molecule has 29 heavy (non-hydrogen) atoms. The minimum absolute atomic E-state index is 0.270. The van der Waals surface area contributed by atoms with Crippen LogP contribution < -0.4 is 24.8 Å². The van der Waals surface area contributed by atoms with Gasteiger partial charge in [-0.15, -0.1) is 0 Å². The number of amides is 2. The second-order valence-corrected chi connectivity index (χ2v) is 6.72. The van der Waals surface area contributed by atoms with Gasteiger partial charge in [-0.2, -0.15) is 0 Å². The molecule has 0 bridgehead atoms. The lowest BCUT2D eigenvalue weighted by Crippen LogP contribution is -2.37. The van der Waals surface area contributed by atoms with Gasteiger partial charge in [0.25, 0.3) is 0 Å². The second kappa shape index (κ2) is 10.0. The number of nitrogens with one attached hydrogen (secondary N) is 2. The topological polar surface area (TPSA) is 85.9 Å². The maximum absolute atomic E-state index is 12.4. The van der Waals surface area contributed by atoms with Crippen LogP contribution in [0.1, 0.15) is 31.0 Å². The van der Waals surface area contributed by atoms with Crippen molar-refractivity contribution < 1.29 is 23.8 Å². The van der Waals surface area contributed by atoms with Crippen molar-refractivity contribution in [3.05, 3.63) is 46.5 Å². The molecular weight excluding hydrogens is 396 g/mol. The minimum atomic E-state index is -0.842. The van der Waals surface area contributed by atoms with Crippen LogP contribution in [0, 0.1) is 6.92 Å². The Kier molecular flexibility index (Phi) is 7.73. The van der Waals surface area contributed by atoms with Gasteiger partial charge in [0.15, 0.2) is 0 Å². The Bertz CT molecular complexity index is 901. The molecule has 7 nitrogen and oxygen atoms in total. The molecule has 1 unspecified atom stereocenters. The highest BCUT2D eigenvalue weighted by molar-refractivity contribution is 6.40. The van der Waals surface area contributed by atoms with E-state index in [1.807, 2.05) is 32.0 Å². The monoisotopic (exact) mass is 420 g/mol. The maximum atomic E-state index is 12.4. The Morgan fingerprint density at radius 3 is 2.34 bits per heavy atom. The Hall–Kier alpha value is -2.93. The molecule has 0 aliphatic rings. The summed E-state index contributed by atoms with van der Waals surface area (Å²) in [6.07, 6.45) is 0. The SMILES string of the molecule is CCOc1ccc(C)cc1C(C)NC(=O)C(=O)Nc1cc(OC)c(Cl)cc1OC. The molecule has 0 aliphatic heterocycles. The van der Waals surface area contributed by atoms with Gasteiger partial charge in [-0.05, 0) is 26.8 Å². The van der Waals surface area contributed by atoms with Gasteiger partial charge >= 0.3 is 11.8 Å². The molecule has 0 spiro atoms. The molecule has 0 saturated heterocycles. The predicted molar refractivity (Wildman–Crippen MR) is 112 cm³/mol. The number of hydrogen-bond donors (Lipinski definition) is 2. The van der Waals surface area contributed by atoms with Crippen LogP contribution in [-0.2, 0) is 9.59 Å². The summed E-state index contributed by atoms with van der Waals surface area (Å²) in [7, 11) is 2.88. The maximum Gasteiger partial charge on any atom is 0.313 e. The number of methoxy groups -OCH3 is 2. The second-order valence-electron chi connectivity index (χ2n) is 6.31. The molecule has 0 aliphatic carbocycles. The molecule has 8 heteroatoms. The number of ether oxygens (including phenoxy) is 3. The van der Waals surface area contributed by atoms with E-state index in [1.54, 1.807) is 6.92 Å². The third kappa shape index (κ3) is 5.54. The molecule has 1 atom stereocenters. The van der Waals surface area contributed by atoms with Gasteiger partial charge in [-0.3, -0.25) is 9.59 Å². The van der Waals surface area contributed by atoms with Crippen molar-refractivity contribution in [3.8, 4) is 17.2 Å². The third-order valence-electron chi connectivity index (χ3n) is 4.21. The zero-order chi connectivity index (χ0) is 21.6. The van der Waals surface area contributed by atoms with E-state index in [2.05, 4.69) is 10.6 Å². The first-order valence-corrected chi connectivity index (χ1v) is 9.45. The highest BCUT2D eigenvalue weighted by Gasteiger charge is 2.21. The molecule has 156 valence electrons. The quantitative estimate of drug-likeness (QED) is 0.664. The molecule has 0 heterocycles. The van der Waals surface area contributed by atoms with Crippen molar-refractivity contribution in [3.63, 3.8) is 0 Å². The number of carbonyl (C=O) groups is 2. The molecular formula is C21H25ClN2O5. The van der Waals surface area contributed by atoms with Crippen LogP contribution in [0.25, 0.3) is 0 Å². The summed E-state index contributed by atoms with van der Waals surface area (Å²) in [5, 5.41) is 5.54. The van der Waals surface area contributed by atoms with Gasteiger partial charge in [-0.25, -0.2) is 0 Å². The summed E-state index contributed by atoms with van der Waals surface area (Å²) in [4.78, 5) is 24.9. The average molecular weight is 421 g/mol. The molecule has 2 aromatic rings. The number of halogens is 1. The van der Waals surface area contributed by atoms with Gasteiger partial charge in [0, 0.05) is 17.7 Å². The first-order valence-electron chi connectivity index (χ1n) is 9.07. The summed E-state index contributed by atoms with van der Waals surface area (Å²) in [5.74, 6) is -0.321. The van der Waals surface area contributed by atoms with Gasteiger partial charge in [0.2, 0.25) is 0 Å². The standard InChI is InChI=1S/C21H25ClN2O5/c1-6-29-17-8-7-12(2)9-14(17)13(3)23-20(25)21(26)24-16-11-18(27-4)15(22)10-19(16)28-5/h7-11,13H,6H2,1-5H3,(H,23,25)(H,24,26). The predicted octanol–water partition coefficient (Wildman–Crippen LogP) is 3.88. The highest BCUT2D eigenvalue weighted by Crippen LogP contribution is 2.35. The first-order chi connectivity index (χ1) is 13.8. The van der Waals surface area contributed by atoms with Gasteiger partial charge < -0.3 is 24.8 Å². The Balaban J connectivity index is 2.16. The van der Waals surface area contributed by atoms with Crippen molar-refractivity contribution in [2.24, 2.45) is 0 Å². The smallest absolute Gasteiger partial charge is 0.313 e. The van der Waals surface area contributed by atoms with Crippen LogP contribution in [0.5, 0.6) is 17.2 Å². The normalized spacial score (nSPS) is 11.4. The van der Waals surface area contributed by atoms with Crippen LogP contribution in [0.4, 0.5) is 5.69 Å². The van der Waals surface area contributed by atoms with Crippen LogP contribution in [0.2, 0.25) is 5.02 Å². The summed E-state index contributed by atoms with van der Waals surface area (Å²) in [6.45, 7) is 6.11. The van der Waals surface area contributed by atoms with E-state index in [0.29, 0.717) is 28.9 Å². The zero-order valence-corrected chi connectivity index (χ0v) is 17.8. The lowest BCUT2D eigenvalue weighted by Gasteiger charge is -2.19. The molecule has 2 rings (SSSR count). The van der Waals surface area contributed by atoms with E-state index in [1.165, 1.54) is 26.4 Å². The van der Waals surface area contributed by atoms with Crippen LogP contribution in [0.15, 0.2) is 30.3 Å². The highest BCUT2D eigenvalue weighted by atomic mass is 35.5. The molecule has 0 fully saturated rings. The van der Waals surface area contributed by atoms with Gasteiger partial charge in [0.1, 0.15) is 17.2 Å². The fraction of sp³-hybridized carbons (Fsp3) is 0.333. The van der Waals surface area contributed by atoms with Crippen molar-refractivity contribution in [2.45, 2.75) is 26.8 Å². The molecule has 2 N–H and O–H groups in total. The number of anilines is 1. The van der Waals surface area contributed by atoms with Crippen LogP contribution >= 0.6 is 11.6 Å². The molecule has 0 radical (unpaired) electrons. The molecule has 0 saturated carbocycles. The molecule has 2 aromatic carbocycles. The van der Waals surface area contributed by atoms with Gasteiger partial charge in [-0.1, -0.05) is 29.3 Å². The third-order valence-corrected chi connectivity index (χ3v) is 4.50. The fourth-order valence-electron chi connectivity index (χ4n) is 2.77. The van der Waals surface area contributed by atoms with E-state index in [0.717, 1.165) is 11.1 Å². The summed E-state index contributed by atoms with van der Waals surface area (Å²) >= 11 is 6.06. The summed E-state index contributed by atoms with van der Waals surface area (Å²) in [6, 6.07) is 8.25. The largest absolute Gasteiger partial charge is 0.495 e. The van der Waals surface area contributed by atoms with E-state index in [9.17, 15) is 9.59 Å². The Labute approximate surface area is 175 Å². The van der Waals surface area contributed by atoms with E-state index in [-0.39, 0.29) is 5.69 Å². The van der Waals surface area contributed by atoms with E-state index < -0.39 is 17.9 Å². The number of benzene rings is 2. The molecule has 2 amide bonds. The van der Waals surface area contributed by atoms with E-state index >= 15 is 0 Å². The number of aryl methyl sites for hydroxylation is 1. The number of rotatable bonds is 7. The van der Waals surface area contributed by atoms with Crippen molar-refractivity contribution in [2.75, 3.05) is 26.1 Å². The Morgan fingerprint density at radius 2 is 1.72 bits per heavy atom. The van der Waals surface area contributed by atoms with Gasteiger partial charge in [0.05, 0.1) is 37.6 Å². The fourth-order valence-corrected chi connectivity index (χ4v) is 3.00. The van der Waals surface area contributed by atoms with Crippen molar-refractivity contribution in [1.29, 1.82) is 0 Å². The Morgan fingerprint density at radius 1 is 1.03 bits per heavy atom. The lowest BCUT2D eigenvalue weighted by atomic mass is 10.0. The molecule has 0 aromatic heterocycles. The van der Waals surface area contributed by atoms with Crippen molar-refractivity contribution >= 4 is 29.1 Å². The van der Waals surface area contributed by atoms with Crippen LogP contribution in [0.3, 0.4) is 0 Å². The summed E-state index contributed by atoms with van der Waals surface area (Å²) < 4.78 is 16.0. The number of carbonyl (C=O) groups excluding carboxylic acids is 2. The zero-order valence-electron chi connectivity index (χ0n) is 17.1. The minimum Gasteiger partial charge on any atom is -0.495 e. The van der Waals surface area contributed by atoms with Crippen LogP contribution in [-0.4, -0.2) is 32.6 Å².